The van der Waals surface area contributed by atoms with Gasteiger partial charge in [0.2, 0.25) is 0 Å². The van der Waals surface area contributed by atoms with Gasteiger partial charge in [0.05, 0.1) is 0 Å². The molecule has 0 aliphatic carbocycles. The van der Waals surface area contributed by atoms with E-state index in [2.05, 4.69) is 48.5 Å². The van der Waals surface area contributed by atoms with E-state index in [1.165, 1.54) is 11.1 Å². The number of rotatable bonds is 1. The minimum Gasteiger partial charge on any atom is -0.475 e. The Hall–Kier alpha value is -2.34. The zero-order valence-electron chi connectivity index (χ0n) is 11.2. The summed E-state index contributed by atoms with van der Waals surface area (Å²) in [5.41, 5.74) is 2.55. The summed E-state index contributed by atoms with van der Waals surface area (Å²) >= 11 is 0. The van der Waals surface area contributed by atoms with Crippen LogP contribution in [0.4, 0.5) is 13.2 Å². The second-order valence-electron chi connectivity index (χ2n) is 3.53. The molecule has 0 saturated heterocycles. The van der Waals surface area contributed by atoms with Crippen molar-refractivity contribution in [2.24, 2.45) is 0 Å². The highest BCUT2D eigenvalue weighted by Crippen LogP contribution is 2.17. The summed E-state index contributed by atoms with van der Waals surface area (Å²) in [5, 5.41) is 14.1. The van der Waals surface area contributed by atoms with Gasteiger partial charge in [-0.2, -0.15) is 13.2 Å². The Morgan fingerprint density at radius 3 is 1.24 bits per heavy atom. The van der Waals surface area contributed by atoms with Crippen LogP contribution < -0.4 is 0 Å². The molecule has 2 aromatic carbocycles. The van der Waals surface area contributed by atoms with Crippen molar-refractivity contribution < 1.29 is 28.2 Å². The van der Waals surface area contributed by atoms with Crippen LogP contribution in [0.1, 0.15) is 0 Å². The van der Waals surface area contributed by atoms with Gasteiger partial charge in [-0.05, 0) is 11.1 Å². The van der Waals surface area contributed by atoms with Crippen molar-refractivity contribution in [3.8, 4) is 11.1 Å². The van der Waals surface area contributed by atoms with Crippen LogP contribution in [0, 0.1) is 0 Å². The van der Waals surface area contributed by atoms with E-state index in [0.29, 0.717) is 0 Å². The summed E-state index contributed by atoms with van der Waals surface area (Å²) in [6, 6.07) is 20.8. The van der Waals surface area contributed by atoms with Crippen LogP contribution >= 0.6 is 0 Å². The maximum atomic E-state index is 10.6. The maximum absolute atomic E-state index is 10.6. The van der Waals surface area contributed by atoms with Gasteiger partial charge in [-0.25, -0.2) is 4.79 Å². The molecule has 2 rings (SSSR count). The van der Waals surface area contributed by atoms with Gasteiger partial charge in [0, 0.05) is 7.11 Å². The first kappa shape index (κ1) is 18.7. The average Bonchev–Trinajstić information content (AvgIpc) is 2.51. The van der Waals surface area contributed by atoms with Crippen molar-refractivity contribution >= 4 is 5.97 Å². The van der Waals surface area contributed by atoms with Crippen molar-refractivity contribution in [1.82, 2.24) is 0 Å². The highest BCUT2D eigenvalue weighted by molar-refractivity contribution is 5.73. The van der Waals surface area contributed by atoms with Crippen LogP contribution in [0.5, 0.6) is 0 Å². The normalized spacial score (nSPS) is 9.57. The highest BCUT2D eigenvalue weighted by Gasteiger charge is 2.38. The molecule has 0 aromatic heterocycles. The fourth-order valence-electron chi connectivity index (χ4n) is 1.26. The number of hydrogen-bond donors (Lipinski definition) is 2. The fraction of sp³-hybridized carbons (Fsp3) is 0.133. The molecule has 0 unspecified atom stereocenters. The lowest BCUT2D eigenvalue weighted by atomic mass is 10.1. The van der Waals surface area contributed by atoms with Gasteiger partial charge in [0.15, 0.2) is 0 Å². The van der Waals surface area contributed by atoms with E-state index in [0.717, 1.165) is 7.11 Å². The Morgan fingerprint density at radius 1 is 0.810 bits per heavy atom. The second kappa shape index (κ2) is 9.55. The molecular weight excluding hydrogens is 285 g/mol. The first-order chi connectivity index (χ1) is 9.91. The fourth-order valence-corrected chi connectivity index (χ4v) is 1.26. The van der Waals surface area contributed by atoms with Gasteiger partial charge >= 0.3 is 12.1 Å². The average molecular weight is 300 g/mol. The third-order valence-corrected chi connectivity index (χ3v) is 2.12. The van der Waals surface area contributed by atoms with Crippen molar-refractivity contribution in [2.75, 3.05) is 7.11 Å². The number of carboxylic acid groups (broad SMARTS) is 1. The number of carbonyl (C=O) groups is 1. The predicted octanol–water partition coefficient (Wildman–Crippen LogP) is 3.60. The lowest BCUT2D eigenvalue weighted by molar-refractivity contribution is -0.192. The van der Waals surface area contributed by atoms with Crippen molar-refractivity contribution in [1.29, 1.82) is 0 Å². The Morgan fingerprint density at radius 2 is 1.05 bits per heavy atom. The van der Waals surface area contributed by atoms with Crippen LogP contribution in [0.3, 0.4) is 0 Å². The zero-order valence-corrected chi connectivity index (χ0v) is 11.2. The summed E-state index contributed by atoms with van der Waals surface area (Å²) in [7, 11) is 1.00. The van der Waals surface area contributed by atoms with Gasteiger partial charge in [-0.15, -0.1) is 0 Å². The smallest absolute Gasteiger partial charge is 0.475 e. The summed E-state index contributed by atoms with van der Waals surface area (Å²) in [4.78, 5) is 8.90. The summed E-state index contributed by atoms with van der Waals surface area (Å²) in [6.45, 7) is 0. The van der Waals surface area contributed by atoms with Crippen molar-refractivity contribution in [2.45, 2.75) is 6.18 Å². The molecule has 114 valence electrons. The van der Waals surface area contributed by atoms with E-state index in [9.17, 15) is 13.2 Å². The Labute approximate surface area is 120 Å². The molecule has 3 nitrogen and oxygen atoms in total. The van der Waals surface area contributed by atoms with E-state index in [4.69, 9.17) is 15.0 Å². The number of benzene rings is 2. The molecule has 0 bridgehead atoms. The number of aliphatic hydroxyl groups excluding tert-OH is 1. The van der Waals surface area contributed by atoms with Gasteiger partial charge in [-0.1, -0.05) is 60.7 Å². The van der Waals surface area contributed by atoms with Gasteiger partial charge in [0.25, 0.3) is 0 Å². The number of aliphatic hydroxyl groups is 1. The number of alkyl halides is 3. The van der Waals surface area contributed by atoms with Gasteiger partial charge in [-0.3, -0.25) is 0 Å². The maximum Gasteiger partial charge on any atom is 0.490 e. The lowest BCUT2D eigenvalue weighted by Crippen LogP contribution is -2.21. The molecule has 21 heavy (non-hydrogen) atoms. The Balaban J connectivity index is 0.000000385. The third kappa shape index (κ3) is 7.74. The Kier molecular flexibility index (Phi) is 8.48. The highest BCUT2D eigenvalue weighted by atomic mass is 19.4. The van der Waals surface area contributed by atoms with Crippen LogP contribution in [0.25, 0.3) is 11.1 Å². The molecule has 0 radical (unpaired) electrons. The molecule has 0 saturated carbocycles. The third-order valence-electron chi connectivity index (χ3n) is 2.12. The van der Waals surface area contributed by atoms with E-state index in [-0.39, 0.29) is 0 Å². The summed E-state index contributed by atoms with van der Waals surface area (Å²) in [5.74, 6) is -2.76. The molecule has 0 spiro atoms. The first-order valence-electron chi connectivity index (χ1n) is 5.76. The van der Waals surface area contributed by atoms with Crippen LogP contribution in [-0.4, -0.2) is 29.5 Å². The van der Waals surface area contributed by atoms with Crippen molar-refractivity contribution in [3.05, 3.63) is 60.7 Å². The number of aliphatic carboxylic acids is 1. The monoisotopic (exact) mass is 300 g/mol. The summed E-state index contributed by atoms with van der Waals surface area (Å²) in [6.07, 6.45) is -5.08. The topological polar surface area (TPSA) is 57.5 Å². The molecule has 6 heteroatoms. The minimum absolute atomic E-state index is 1.00. The predicted molar refractivity (Wildman–Crippen MR) is 73.7 cm³/mol. The molecular formula is C15H15F3O3. The molecule has 0 heterocycles. The standard InChI is InChI=1S/C12H10.C2HF3O2.CH4O/c1-3-7-11(8-4-1)12-9-5-2-6-10-12;3-2(4,5)1(6)7;1-2/h1-10H;(H,6,7);2H,1H3. The molecule has 2 N–H and O–H groups in total. The largest absolute Gasteiger partial charge is 0.490 e. The number of carboxylic acids is 1. The van der Waals surface area contributed by atoms with E-state index in [1.807, 2.05) is 12.1 Å². The molecule has 0 atom stereocenters. The summed E-state index contributed by atoms with van der Waals surface area (Å²) < 4.78 is 31.7. The molecule has 0 fully saturated rings. The quantitative estimate of drug-likeness (QED) is 0.846. The van der Waals surface area contributed by atoms with Gasteiger partial charge < -0.3 is 10.2 Å². The minimum atomic E-state index is -5.08. The van der Waals surface area contributed by atoms with Gasteiger partial charge in [0.1, 0.15) is 0 Å². The second-order valence-corrected chi connectivity index (χ2v) is 3.53. The zero-order chi connectivity index (χ0) is 16.3. The van der Waals surface area contributed by atoms with E-state index < -0.39 is 12.1 Å². The molecule has 0 amide bonds. The first-order valence-corrected chi connectivity index (χ1v) is 5.76. The lowest BCUT2D eigenvalue weighted by Gasteiger charge is -1.98. The molecule has 0 aliphatic heterocycles. The number of halogens is 3. The van der Waals surface area contributed by atoms with Crippen LogP contribution in [-0.2, 0) is 4.79 Å². The molecule has 2 aromatic rings. The van der Waals surface area contributed by atoms with Crippen LogP contribution in [0.2, 0.25) is 0 Å². The van der Waals surface area contributed by atoms with Crippen LogP contribution in [0.15, 0.2) is 60.7 Å². The number of hydrogen-bond acceptors (Lipinski definition) is 2. The molecule has 0 aliphatic rings. The SMILES string of the molecule is CO.O=C(O)C(F)(F)F.c1ccc(-c2ccccc2)cc1. The van der Waals surface area contributed by atoms with E-state index >= 15 is 0 Å². The van der Waals surface area contributed by atoms with Crippen molar-refractivity contribution in [3.63, 3.8) is 0 Å². The Bertz CT molecular complexity index is 473. The van der Waals surface area contributed by atoms with E-state index in [1.54, 1.807) is 0 Å².